The highest BCUT2D eigenvalue weighted by Crippen LogP contribution is 2.18. The first-order chi connectivity index (χ1) is 12.8. The largest absolute Gasteiger partial charge is 0.337 e. The van der Waals surface area contributed by atoms with Crippen LogP contribution in [-0.4, -0.2) is 51.1 Å². The Morgan fingerprint density at radius 2 is 1.50 bits per heavy atom. The van der Waals surface area contributed by atoms with E-state index in [2.05, 4.69) is 41.6 Å². The summed E-state index contributed by atoms with van der Waals surface area (Å²) in [5.74, 6) is 1.54. The van der Waals surface area contributed by atoms with Crippen molar-refractivity contribution in [2.75, 3.05) is 36.0 Å². The Balaban J connectivity index is 1.44. The van der Waals surface area contributed by atoms with Gasteiger partial charge in [-0.2, -0.15) is 0 Å². The minimum Gasteiger partial charge on any atom is -0.337 e. The molecule has 0 N–H and O–H groups in total. The van der Waals surface area contributed by atoms with Crippen LogP contribution in [0.2, 0.25) is 0 Å². The number of rotatable bonds is 4. The summed E-state index contributed by atoms with van der Waals surface area (Å²) in [6.45, 7) is 5.48. The molecule has 0 atom stereocenters. The van der Waals surface area contributed by atoms with Gasteiger partial charge in [-0.25, -0.2) is 19.9 Å². The molecule has 7 nitrogen and oxygen atoms in total. The first-order valence-electron chi connectivity index (χ1n) is 8.89. The van der Waals surface area contributed by atoms with Crippen molar-refractivity contribution in [1.29, 1.82) is 0 Å². The molecular weight excluding hydrogens is 326 g/mol. The maximum Gasteiger partial charge on any atom is 0.226 e. The zero-order valence-corrected chi connectivity index (χ0v) is 14.8. The average Bonchev–Trinajstić information content (AvgIpc) is 2.75. The summed E-state index contributed by atoms with van der Waals surface area (Å²) in [4.78, 5) is 26.9. The number of hydrogen-bond acceptors (Lipinski definition) is 7. The standard InChI is InChI=1S/C19H21N7/c1-2-15-13-22-18(23-14-15)25-9-11-26(12-10-25)19-21-8-6-17(24-19)16-5-3-4-7-20-16/h3-8,13-14H,2,9-12H2,1H3. The minimum atomic E-state index is 0.745. The lowest BCUT2D eigenvalue weighted by molar-refractivity contribution is 0.627. The van der Waals surface area contributed by atoms with Gasteiger partial charge in [0.05, 0.1) is 11.4 Å². The van der Waals surface area contributed by atoms with Crippen LogP contribution < -0.4 is 9.80 Å². The molecular formula is C19H21N7. The second kappa shape index (κ2) is 7.43. The highest BCUT2D eigenvalue weighted by atomic mass is 15.3. The molecule has 1 fully saturated rings. The maximum absolute atomic E-state index is 4.69. The number of anilines is 2. The van der Waals surface area contributed by atoms with Crippen LogP contribution in [-0.2, 0) is 6.42 Å². The third kappa shape index (κ3) is 3.46. The van der Waals surface area contributed by atoms with Gasteiger partial charge in [-0.1, -0.05) is 13.0 Å². The molecule has 0 aromatic carbocycles. The molecule has 1 aliphatic heterocycles. The van der Waals surface area contributed by atoms with Crippen molar-refractivity contribution in [1.82, 2.24) is 24.9 Å². The molecule has 3 aromatic heterocycles. The van der Waals surface area contributed by atoms with E-state index >= 15 is 0 Å². The lowest BCUT2D eigenvalue weighted by Crippen LogP contribution is -2.47. The summed E-state index contributed by atoms with van der Waals surface area (Å²) in [6.07, 6.45) is 8.35. The summed E-state index contributed by atoms with van der Waals surface area (Å²) in [6, 6.07) is 7.72. The van der Waals surface area contributed by atoms with Crippen molar-refractivity contribution in [3.8, 4) is 11.4 Å². The van der Waals surface area contributed by atoms with Gasteiger partial charge in [-0.3, -0.25) is 4.98 Å². The monoisotopic (exact) mass is 347 g/mol. The quantitative estimate of drug-likeness (QED) is 0.716. The van der Waals surface area contributed by atoms with E-state index in [9.17, 15) is 0 Å². The molecule has 4 heterocycles. The summed E-state index contributed by atoms with van der Waals surface area (Å²) >= 11 is 0. The predicted molar refractivity (Wildman–Crippen MR) is 101 cm³/mol. The molecule has 0 aliphatic carbocycles. The Morgan fingerprint density at radius 1 is 0.769 bits per heavy atom. The number of hydrogen-bond donors (Lipinski definition) is 0. The number of nitrogens with zero attached hydrogens (tertiary/aromatic N) is 7. The molecule has 1 saturated heterocycles. The molecule has 26 heavy (non-hydrogen) atoms. The Bertz CT molecular complexity index is 843. The molecule has 7 heteroatoms. The smallest absolute Gasteiger partial charge is 0.226 e. The number of aromatic nitrogens is 5. The van der Waals surface area contributed by atoms with Crippen molar-refractivity contribution in [2.24, 2.45) is 0 Å². The Hall–Kier alpha value is -3.09. The third-order valence-corrected chi connectivity index (χ3v) is 4.52. The SMILES string of the molecule is CCc1cnc(N2CCN(c3nccc(-c4ccccn4)n3)CC2)nc1. The Labute approximate surface area is 152 Å². The highest BCUT2D eigenvalue weighted by molar-refractivity contribution is 5.55. The van der Waals surface area contributed by atoms with Crippen molar-refractivity contribution in [2.45, 2.75) is 13.3 Å². The van der Waals surface area contributed by atoms with E-state index in [-0.39, 0.29) is 0 Å². The fourth-order valence-corrected chi connectivity index (χ4v) is 2.96. The number of pyridine rings is 1. The van der Waals surface area contributed by atoms with Crippen molar-refractivity contribution >= 4 is 11.9 Å². The summed E-state index contributed by atoms with van der Waals surface area (Å²) in [5, 5.41) is 0. The van der Waals surface area contributed by atoms with Crippen LogP contribution in [0.4, 0.5) is 11.9 Å². The summed E-state index contributed by atoms with van der Waals surface area (Å²) in [5.41, 5.74) is 2.86. The first-order valence-corrected chi connectivity index (χ1v) is 8.89. The van der Waals surface area contributed by atoms with Crippen LogP contribution in [0.25, 0.3) is 11.4 Å². The van der Waals surface area contributed by atoms with E-state index in [4.69, 9.17) is 0 Å². The Morgan fingerprint density at radius 3 is 2.15 bits per heavy atom. The van der Waals surface area contributed by atoms with Crippen LogP contribution in [0.1, 0.15) is 12.5 Å². The van der Waals surface area contributed by atoms with E-state index in [0.29, 0.717) is 0 Å². The molecule has 0 radical (unpaired) electrons. The Kier molecular flexibility index (Phi) is 4.68. The van der Waals surface area contributed by atoms with Crippen LogP contribution in [0, 0.1) is 0 Å². The minimum absolute atomic E-state index is 0.745. The molecule has 1 aliphatic rings. The van der Waals surface area contributed by atoms with Gasteiger partial charge < -0.3 is 9.80 Å². The predicted octanol–water partition coefficient (Wildman–Crippen LogP) is 2.22. The summed E-state index contributed by atoms with van der Waals surface area (Å²) < 4.78 is 0. The molecule has 4 rings (SSSR count). The average molecular weight is 347 g/mol. The highest BCUT2D eigenvalue weighted by Gasteiger charge is 2.21. The molecule has 3 aromatic rings. The van der Waals surface area contributed by atoms with Gasteiger partial charge in [0, 0.05) is 51.0 Å². The lowest BCUT2D eigenvalue weighted by atomic mass is 10.2. The zero-order chi connectivity index (χ0) is 17.8. The van der Waals surface area contributed by atoms with E-state index in [1.165, 1.54) is 0 Å². The second-order valence-corrected chi connectivity index (χ2v) is 6.18. The maximum atomic E-state index is 4.69. The van der Waals surface area contributed by atoms with E-state index < -0.39 is 0 Å². The van der Waals surface area contributed by atoms with Gasteiger partial charge in [0.2, 0.25) is 11.9 Å². The van der Waals surface area contributed by atoms with Crippen molar-refractivity contribution < 1.29 is 0 Å². The van der Waals surface area contributed by atoms with Crippen molar-refractivity contribution in [3.05, 3.63) is 54.6 Å². The third-order valence-electron chi connectivity index (χ3n) is 4.52. The van der Waals surface area contributed by atoms with Gasteiger partial charge in [0.15, 0.2) is 0 Å². The van der Waals surface area contributed by atoms with Gasteiger partial charge in [0.1, 0.15) is 0 Å². The van der Waals surface area contributed by atoms with Crippen LogP contribution in [0.5, 0.6) is 0 Å². The zero-order valence-electron chi connectivity index (χ0n) is 14.8. The number of aryl methyl sites for hydroxylation is 1. The molecule has 0 saturated carbocycles. The van der Waals surface area contributed by atoms with Crippen molar-refractivity contribution in [3.63, 3.8) is 0 Å². The van der Waals surface area contributed by atoms with Gasteiger partial charge >= 0.3 is 0 Å². The van der Waals surface area contributed by atoms with Gasteiger partial charge in [-0.05, 0) is 30.2 Å². The fourth-order valence-electron chi connectivity index (χ4n) is 2.96. The normalized spacial score (nSPS) is 14.5. The van der Waals surface area contributed by atoms with Crippen LogP contribution >= 0.6 is 0 Å². The first kappa shape index (κ1) is 16.4. The fraction of sp³-hybridized carbons (Fsp3) is 0.316. The number of piperazine rings is 1. The topological polar surface area (TPSA) is 70.9 Å². The molecule has 0 unspecified atom stereocenters. The van der Waals surface area contributed by atoms with Gasteiger partial charge in [0.25, 0.3) is 0 Å². The summed E-state index contributed by atoms with van der Waals surface area (Å²) in [7, 11) is 0. The molecule has 132 valence electrons. The lowest BCUT2D eigenvalue weighted by Gasteiger charge is -2.34. The molecule has 0 amide bonds. The van der Waals surface area contributed by atoms with E-state index in [1.807, 2.05) is 36.7 Å². The second-order valence-electron chi connectivity index (χ2n) is 6.18. The molecule has 0 spiro atoms. The van der Waals surface area contributed by atoms with Crippen LogP contribution in [0.3, 0.4) is 0 Å². The van der Waals surface area contributed by atoms with Crippen LogP contribution in [0.15, 0.2) is 49.1 Å². The molecule has 0 bridgehead atoms. The van der Waals surface area contributed by atoms with E-state index in [1.54, 1.807) is 12.4 Å². The van der Waals surface area contributed by atoms with E-state index in [0.717, 1.165) is 61.4 Å². The van der Waals surface area contributed by atoms with Gasteiger partial charge in [-0.15, -0.1) is 0 Å².